The molecule has 1 aliphatic rings. The predicted octanol–water partition coefficient (Wildman–Crippen LogP) is 1.12. The first-order valence-corrected chi connectivity index (χ1v) is 4.60. The van der Waals surface area contributed by atoms with Gasteiger partial charge in [-0.15, -0.1) is 12.3 Å². The summed E-state index contributed by atoms with van der Waals surface area (Å²) >= 11 is 0. The Morgan fingerprint density at radius 1 is 1.67 bits per heavy atom. The summed E-state index contributed by atoms with van der Waals surface area (Å²) in [5, 5.41) is 0. The summed E-state index contributed by atoms with van der Waals surface area (Å²) in [6, 6.07) is 0. The molecular formula is C10H17NO. The fourth-order valence-electron chi connectivity index (χ4n) is 1.51. The van der Waals surface area contributed by atoms with Crippen molar-refractivity contribution in [1.82, 2.24) is 4.90 Å². The number of nitrogens with zero attached hydrogens (tertiary/aromatic N) is 1. The largest absolute Gasteiger partial charge is 0.377 e. The van der Waals surface area contributed by atoms with Crippen LogP contribution in [-0.4, -0.2) is 37.2 Å². The molecule has 1 unspecified atom stereocenters. The van der Waals surface area contributed by atoms with Crippen LogP contribution in [0.3, 0.4) is 0 Å². The molecule has 0 radical (unpaired) electrons. The molecule has 0 saturated carbocycles. The van der Waals surface area contributed by atoms with E-state index in [4.69, 9.17) is 11.2 Å². The number of terminal acetylenes is 1. The molecule has 1 saturated heterocycles. The van der Waals surface area contributed by atoms with Gasteiger partial charge >= 0.3 is 0 Å². The van der Waals surface area contributed by atoms with E-state index in [1.165, 1.54) is 0 Å². The first-order chi connectivity index (χ1) is 5.83. The highest BCUT2D eigenvalue weighted by Crippen LogP contribution is 2.05. The second-order valence-corrected chi connectivity index (χ2v) is 3.29. The van der Waals surface area contributed by atoms with Gasteiger partial charge in [0.2, 0.25) is 0 Å². The van der Waals surface area contributed by atoms with Crippen molar-refractivity contribution < 1.29 is 4.74 Å². The van der Waals surface area contributed by atoms with Crippen LogP contribution in [0.5, 0.6) is 0 Å². The SMILES string of the molecule is C#CCCN1CCCOC(C)C1. The average molecular weight is 167 g/mol. The Morgan fingerprint density at radius 2 is 2.50 bits per heavy atom. The van der Waals surface area contributed by atoms with E-state index in [1.807, 2.05) is 0 Å². The van der Waals surface area contributed by atoms with Crippen molar-refractivity contribution in [2.45, 2.75) is 25.9 Å². The van der Waals surface area contributed by atoms with Crippen LogP contribution in [0, 0.1) is 12.3 Å². The molecule has 0 amide bonds. The summed E-state index contributed by atoms with van der Waals surface area (Å²) in [5.41, 5.74) is 0. The van der Waals surface area contributed by atoms with Gasteiger partial charge in [0.25, 0.3) is 0 Å². The molecule has 1 fully saturated rings. The summed E-state index contributed by atoms with van der Waals surface area (Å²) in [7, 11) is 0. The van der Waals surface area contributed by atoms with Gasteiger partial charge in [-0.2, -0.15) is 0 Å². The minimum absolute atomic E-state index is 0.366. The third-order valence-electron chi connectivity index (χ3n) is 2.11. The van der Waals surface area contributed by atoms with E-state index in [1.54, 1.807) is 0 Å². The Kier molecular flexibility index (Phi) is 4.13. The van der Waals surface area contributed by atoms with Gasteiger partial charge in [-0.25, -0.2) is 0 Å². The fraction of sp³-hybridized carbons (Fsp3) is 0.800. The molecule has 1 atom stereocenters. The molecule has 0 aliphatic carbocycles. The molecule has 0 aromatic carbocycles. The highest BCUT2D eigenvalue weighted by Gasteiger charge is 2.13. The summed E-state index contributed by atoms with van der Waals surface area (Å²) in [4.78, 5) is 2.39. The van der Waals surface area contributed by atoms with Crippen molar-refractivity contribution in [2.75, 3.05) is 26.2 Å². The van der Waals surface area contributed by atoms with Gasteiger partial charge in [-0.3, -0.25) is 4.90 Å². The molecule has 68 valence electrons. The van der Waals surface area contributed by atoms with Crippen molar-refractivity contribution >= 4 is 0 Å². The van der Waals surface area contributed by atoms with E-state index < -0.39 is 0 Å². The molecule has 1 rings (SSSR count). The fourth-order valence-corrected chi connectivity index (χ4v) is 1.51. The Balaban J connectivity index is 2.27. The summed E-state index contributed by atoms with van der Waals surface area (Å²) in [6.07, 6.45) is 7.57. The molecule has 0 aromatic rings. The first-order valence-electron chi connectivity index (χ1n) is 4.60. The van der Waals surface area contributed by atoms with Gasteiger partial charge in [-0.05, 0) is 13.3 Å². The van der Waals surface area contributed by atoms with Crippen molar-refractivity contribution in [1.29, 1.82) is 0 Å². The molecule has 0 N–H and O–H groups in total. The maximum Gasteiger partial charge on any atom is 0.0673 e. The third-order valence-corrected chi connectivity index (χ3v) is 2.11. The van der Waals surface area contributed by atoms with Crippen molar-refractivity contribution in [3.63, 3.8) is 0 Å². The number of rotatable bonds is 2. The summed E-state index contributed by atoms with van der Waals surface area (Å²) < 4.78 is 5.52. The van der Waals surface area contributed by atoms with Crippen LogP contribution in [0.1, 0.15) is 19.8 Å². The summed E-state index contributed by atoms with van der Waals surface area (Å²) in [6.45, 7) is 6.19. The minimum Gasteiger partial charge on any atom is -0.377 e. The highest BCUT2D eigenvalue weighted by atomic mass is 16.5. The van der Waals surface area contributed by atoms with Gasteiger partial charge in [-0.1, -0.05) is 0 Å². The number of hydrogen-bond acceptors (Lipinski definition) is 2. The van der Waals surface area contributed by atoms with Gasteiger partial charge in [0.1, 0.15) is 0 Å². The van der Waals surface area contributed by atoms with E-state index in [9.17, 15) is 0 Å². The molecule has 0 spiro atoms. The zero-order chi connectivity index (χ0) is 8.81. The van der Waals surface area contributed by atoms with Crippen LogP contribution >= 0.6 is 0 Å². The van der Waals surface area contributed by atoms with Crippen molar-refractivity contribution in [3.8, 4) is 12.3 Å². The van der Waals surface area contributed by atoms with Crippen LogP contribution in [0.15, 0.2) is 0 Å². The highest BCUT2D eigenvalue weighted by molar-refractivity contribution is 4.85. The summed E-state index contributed by atoms with van der Waals surface area (Å²) in [5.74, 6) is 2.67. The van der Waals surface area contributed by atoms with E-state index in [0.717, 1.165) is 39.1 Å². The molecule has 1 heterocycles. The molecular weight excluding hydrogens is 150 g/mol. The van der Waals surface area contributed by atoms with Crippen LogP contribution in [0.25, 0.3) is 0 Å². The molecule has 1 aliphatic heterocycles. The number of ether oxygens (including phenoxy) is 1. The zero-order valence-electron chi connectivity index (χ0n) is 7.75. The van der Waals surface area contributed by atoms with Crippen LogP contribution in [-0.2, 0) is 4.74 Å². The van der Waals surface area contributed by atoms with Gasteiger partial charge < -0.3 is 4.74 Å². The zero-order valence-corrected chi connectivity index (χ0v) is 7.75. The predicted molar refractivity (Wildman–Crippen MR) is 49.9 cm³/mol. The molecule has 12 heavy (non-hydrogen) atoms. The third kappa shape index (κ3) is 3.25. The molecule has 0 aromatic heterocycles. The minimum atomic E-state index is 0.366. The Bertz CT molecular complexity index is 162. The maximum absolute atomic E-state index is 5.52. The topological polar surface area (TPSA) is 12.5 Å². The van der Waals surface area contributed by atoms with Gasteiger partial charge in [0.15, 0.2) is 0 Å². The standard InChI is InChI=1S/C10H17NO/c1-3-4-6-11-7-5-8-12-10(2)9-11/h1,10H,4-9H2,2H3. The second-order valence-electron chi connectivity index (χ2n) is 3.29. The van der Waals surface area contributed by atoms with E-state index in [0.29, 0.717) is 6.10 Å². The lowest BCUT2D eigenvalue weighted by Crippen LogP contribution is -2.30. The van der Waals surface area contributed by atoms with Crippen molar-refractivity contribution in [3.05, 3.63) is 0 Å². The molecule has 2 heteroatoms. The molecule has 2 nitrogen and oxygen atoms in total. The quantitative estimate of drug-likeness (QED) is 0.571. The Labute approximate surface area is 74.9 Å². The van der Waals surface area contributed by atoms with Crippen LogP contribution in [0.4, 0.5) is 0 Å². The van der Waals surface area contributed by atoms with E-state index >= 15 is 0 Å². The van der Waals surface area contributed by atoms with Crippen LogP contribution in [0.2, 0.25) is 0 Å². The lowest BCUT2D eigenvalue weighted by Gasteiger charge is -2.20. The van der Waals surface area contributed by atoms with E-state index in [-0.39, 0.29) is 0 Å². The van der Waals surface area contributed by atoms with Gasteiger partial charge in [0, 0.05) is 32.7 Å². The van der Waals surface area contributed by atoms with E-state index in [2.05, 4.69) is 17.7 Å². The lowest BCUT2D eigenvalue weighted by atomic mass is 10.3. The van der Waals surface area contributed by atoms with Crippen LogP contribution < -0.4 is 0 Å². The van der Waals surface area contributed by atoms with Crippen molar-refractivity contribution in [2.24, 2.45) is 0 Å². The monoisotopic (exact) mass is 167 g/mol. The Morgan fingerprint density at radius 3 is 3.25 bits per heavy atom. The van der Waals surface area contributed by atoms with Gasteiger partial charge in [0.05, 0.1) is 6.10 Å². The normalized spacial score (nSPS) is 26.2. The second kappa shape index (κ2) is 5.18. The average Bonchev–Trinajstić information content (AvgIpc) is 2.26. The molecule has 0 bridgehead atoms. The lowest BCUT2D eigenvalue weighted by molar-refractivity contribution is 0.0681. The smallest absolute Gasteiger partial charge is 0.0673 e. The number of hydrogen-bond donors (Lipinski definition) is 0. The Hall–Kier alpha value is -0.520. The first kappa shape index (κ1) is 9.57. The maximum atomic E-state index is 5.52.